The van der Waals surface area contributed by atoms with Crippen molar-refractivity contribution in [2.75, 3.05) is 13.7 Å². The van der Waals surface area contributed by atoms with Crippen LogP contribution in [0.1, 0.15) is 5.56 Å². The first-order chi connectivity index (χ1) is 14.0. The van der Waals surface area contributed by atoms with Crippen molar-refractivity contribution >= 4 is 11.9 Å². The Kier molecular flexibility index (Phi) is 7.00. The van der Waals surface area contributed by atoms with Crippen LogP contribution in [0.25, 0.3) is 11.1 Å². The van der Waals surface area contributed by atoms with Gasteiger partial charge in [-0.1, -0.05) is 36.4 Å². The van der Waals surface area contributed by atoms with Gasteiger partial charge in [0.1, 0.15) is 11.5 Å². The van der Waals surface area contributed by atoms with E-state index in [1.807, 2.05) is 24.3 Å². The van der Waals surface area contributed by atoms with Crippen LogP contribution < -0.4 is 14.2 Å². The SMILES string of the molecule is COc1cnccc1-c1cccc(CCNSc2ccccc2OC(F)(F)F)c1. The normalized spacial score (nSPS) is 11.3. The quantitative estimate of drug-likeness (QED) is 0.385. The molecule has 0 aliphatic rings. The van der Waals surface area contributed by atoms with Gasteiger partial charge >= 0.3 is 6.36 Å². The largest absolute Gasteiger partial charge is 0.573 e. The number of pyridine rings is 1. The molecule has 3 aromatic rings. The highest BCUT2D eigenvalue weighted by Gasteiger charge is 2.32. The van der Waals surface area contributed by atoms with E-state index >= 15 is 0 Å². The number of rotatable bonds is 8. The van der Waals surface area contributed by atoms with Gasteiger partial charge in [-0.05, 0) is 47.7 Å². The Morgan fingerprint density at radius 3 is 2.66 bits per heavy atom. The number of hydrogen-bond acceptors (Lipinski definition) is 5. The van der Waals surface area contributed by atoms with Crippen molar-refractivity contribution in [2.24, 2.45) is 0 Å². The summed E-state index contributed by atoms with van der Waals surface area (Å²) in [5.74, 6) is 0.476. The Morgan fingerprint density at radius 2 is 1.86 bits per heavy atom. The van der Waals surface area contributed by atoms with Crippen molar-refractivity contribution in [3.05, 3.63) is 72.6 Å². The first kappa shape index (κ1) is 21.0. The first-order valence-electron chi connectivity index (χ1n) is 8.78. The standard InChI is InChI=1S/C21H19F3N2O2S/c1-27-19-14-25-11-10-17(19)16-6-4-5-15(13-16)9-12-26-29-20-8-3-2-7-18(20)28-21(22,23)24/h2-8,10-11,13-14,26H,9,12H2,1H3. The average molecular weight is 420 g/mol. The van der Waals surface area contributed by atoms with Gasteiger partial charge in [-0.3, -0.25) is 9.71 Å². The zero-order valence-corrected chi connectivity index (χ0v) is 16.4. The minimum atomic E-state index is -4.72. The molecule has 0 radical (unpaired) electrons. The number of methoxy groups -OCH3 is 1. The molecule has 0 aliphatic heterocycles. The number of benzene rings is 2. The molecule has 152 valence electrons. The molecule has 2 aromatic carbocycles. The molecule has 29 heavy (non-hydrogen) atoms. The van der Waals surface area contributed by atoms with Gasteiger partial charge in [0.25, 0.3) is 0 Å². The minimum absolute atomic E-state index is 0.218. The molecular weight excluding hydrogens is 401 g/mol. The molecule has 0 fully saturated rings. The Morgan fingerprint density at radius 1 is 1.03 bits per heavy atom. The molecule has 0 amide bonds. The number of nitrogens with zero attached hydrogens (tertiary/aromatic N) is 1. The highest BCUT2D eigenvalue weighted by Crippen LogP contribution is 2.32. The van der Waals surface area contributed by atoms with Crippen molar-refractivity contribution in [1.29, 1.82) is 0 Å². The summed E-state index contributed by atoms with van der Waals surface area (Å²) in [6.07, 6.45) is -0.633. The van der Waals surface area contributed by atoms with Gasteiger partial charge in [-0.25, -0.2) is 0 Å². The molecule has 0 bridgehead atoms. The molecule has 3 rings (SSSR count). The molecule has 0 saturated carbocycles. The molecule has 8 heteroatoms. The van der Waals surface area contributed by atoms with Crippen molar-refractivity contribution in [2.45, 2.75) is 17.7 Å². The maximum absolute atomic E-state index is 12.5. The zero-order chi connectivity index (χ0) is 20.7. The van der Waals surface area contributed by atoms with Gasteiger partial charge in [0.15, 0.2) is 0 Å². The van der Waals surface area contributed by atoms with E-state index in [4.69, 9.17) is 4.74 Å². The van der Waals surface area contributed by atoms with Gasteiger partial charge < -0.3 is 9.47 Å². The summed E-state index contributed by atoms with van der Waals surface area (Å²) in [4.78, 5) is 4.44. The maximum atomic E-state index is 12.5. The smallest absolute Gasteiger partial charge is 0.494 e. The van der Waals surface area contributed by atoms with Crippen LogP contribution in [0.15, 0.2) is 71.9 Å². The van der Waals surface area contributed by atoms with Crippen LogP contribution in [-0.2, 0) is 6.42 Å². The van der Waals surface area contributed by atoms with E-state index in [0.29, 0.717) is 23.6 Å². The van der Waals surface area contributed by atoms with Crippen molar-refractivity contribution in [3.63, 3.8) is 0 Å². The fourth-order valence-corrected chi connectivity index (χ4v) is 3.46. The molecule has 1 heterocycles. The molecular formula is C21H19F3N2O2S. The summed E-state index contributed by atoms with van der Waals surface area (Å²) < 4.78 is 50.0. The minimum Gasteiger partial charge on any atom is -0.494 e. The second-order valence-corrected chi connectivity index (χ2v) is 6.95. The van der Waals surface area contributed by atoms with E-state index in [1.165, 1.54) is 12.1 Å². The summed E-state index contributed by atoms with van der Waals surface area (Å²) in [5.41, 5.74) is 3.05. The van der Waals surface area contributed by atoms with Crippen LogP contribution in [0.4, 0.5) is 13.2 Å². The topological polar surface area (TPSA) is 43.4 Å². The lowest BCUT2D eigenvalue weighted by atomic mass is 10.0. The van der Waals surface area contributed by atoms with Crippen LogP contribution in [0, 0.1) is 0 Å². The number of nitrogens with one attached hydrogen (secondary N) is 1. The molecule has 0 unspecified atom stereocenters. The van der Waals surface area contributed by atoms with Gasteiger partial charge in [-0.15, -0.1) is 13.2 Å². The summed E-state index contributed by atoms with van der Waals surface area (Å²) in [5, 5.41) is 0. The van der Waals surface area contributed by atoms with Crippen molar-refractivity contribution < 1.29 is 22.6 Å². The van der Waals surface area contributed by atoms with Crippen LogP contribution in [0.3, 0.4) is 0 Å². The number of hydrogen-bond donors (Lipinski definition) is 1. The molecule has 0 atom stereocenters. The molecule has 0 aliphatic carbocycles. The second-order valence-electron chi connectivity index (χ2n) is 6.02. The lowest BCUT2D eigenvalue weighted by Gasteiger charge is -2.13. The first-order valence-corrected chi connectivity index (χ1v) is 9.60. The van der Waals surface area contributed by atoms with Crippen LogP contribution in [0.2, 0.25) is 0 Å². The lowest BCUT2D eigenvalue weighted by molar-refractivity contribution is -0.275. The Bertz CT molecular complexity index is 951. The number of alkyl halides is 3. The van der Waals surface area contributed by atoms with E-state index in [0.717, 1.165) is 28.6 Å². The second kappa shape index (κ2) is 9.67. The van der Waals surface area contributed by atoms with Gasteiger partial charge in [0.2, 0.25) is 0 Å². The van der Waals surface area contributed by atoms with Gasteiger partial charge in [0.05, 0.1) is 18.2 Å². The molecule has 0 saturated heterocycles. The summed E-state index contributed by atoms with van der Waals surface area (Å²) in [6.45, 7) is 0.571. The number of halogens is 3. The predicted octanol–water partition coefficient (Wildman–Crippen LogP) is 5.50. The van der Waals surface area contributed by atoms with E-state index in [-0.39, 0.29) is 5.75 Å². The average Bonchev–Trinajstić information content (AvgIpc) is 2.71. The van der Waals surface area contributed by atoms with Crippen LogP contribution >= 0.6 is 11.9 Å². The fraction of sp³-hybridized carbons (Fsp3) is 0.190. The molecule has 1 aromatic heterocycles. The molecule has 1 N–H and O–H groups in total. The van der Waals surface area contributed by atoms with E-state index in [1.54, 1.807) is 31.6 Å². The summed E-state index contributed by atoms with van der Waals surface area (Å²) >= 11 is 1.11. The highest BCUT2D eigenvalue weighted by molar-refractivity contribution is 7.97. The molecule has 0 spiro atoms. The Labute approximate surface area is 171 Å². The van der Waals surface area contributed by atoms with Crippen molar-refractivity contribution in [3.8, 4) is 22.6 Å². The van der Waals surface area contributed by atoms with Crippen molar-refractivity contribution in [1.82, 2.24) is 9.71 Å². The van der Waals surface area contributed by atoms with Gasteiger partial charge in [0, 0.05) is 18.3 Å². The predicted molar refractivity (Wildman–Crippen MR) is 107 cm³/mol. The third kappa shape index (κ3) is 6.13. The Balaban J connectivity index is 1.60. The Hall–Kier alpha value is -2.71. The lowest BCUT2D eigenvalue weighted by Crippen LogP contribution is -2.18. The van der Waals surface area contributed by atoms with E-state index in [9.17, 15) is 13.2 Å². The van der Waals surface area contributed by atoms with Crippen LogP contribution in [0.5, 0.6) is 11.5 Å². The monoisotopic (exact) mass is 420 g/mol. The number of ether oxygens (including phenoxy) is 2. The molecule has 4 nitrogen and oxygen atoms in total. The van der Waals surface area contributed by atoms with Crippen LogP contribution in [-0.4, -0.2) is 25.0 Å². The third-order valence-electron chi connectivity index (χ3n) is 4.02. The number of para-hydroxylation sites is 1. The number of aromatic nitrogens is 1. The summed E-state index contributed by atoms with van der Waals surface area (Å²) in [7, 11) is 1.60. The third-order valence-corrected chi connectivity index (χ3v) is 4.92. The van der Waals surface area contributed by atoms with Gasteiger partial charge in [-0.2, -0.15) is 0 Å². The van der Waals surface area contributed by atoms with E-state index < -0.39 is 6.36 Å². The van der Waals surface area contributed by atoms with E-state index in [2.05, 4.69) is 20.5 Å². The summed E-state index contributed by atoms with van der Waals surface area (Å²) in [6, 6.07) is 16.0. The highest BCUT2D eigenvalue weighted by atomic mass is 32.2. The zero-order valence-electron chi connectivity index (χ0n) is 15.6. The fourth-order valence-electron chi connectivity index (χ4n) is 2.74. The maximum Gasteiger partial charge on any atom is 0.573 e.